The van der Waals surface area contributed by atoms with E-state index in [0.717, 1.165) is 32.0 Å². The maximum atomic E-state index is 12.6. The summed E-state index contributed by atoms with van der Waals surface area (Å²) in [6, 6.07) is 1.22. The molecule has 3 N–H and O–H groups in total. The molecule has 20 heavy (non-hydrogen) atoms. The first-order valence-electron chi connectivity index (χ1n) is 6.60. The number of aromatic nitrogens is 2. The van der Waals surface area contributed by atoms with Gasteiger partial charge in [0, 0.05) is 18.7 Å². The molecule has 0 amide bonds. The second-order valence-corrected chi connectivity index (χ2v) is 4.80. The number of hydrogen-bond acceptors (Lipinski definition) is 5. The van der Waals surface area contributed by atoms with Crippen molar-refractivity contribution >= 4 is 11.8 Å². The van der Waals surface area contributed by atoms with Crippen LogP contribution in [-0.2, 0) is 6.18 Å². The highest BCUT2D eigenvalue weighted by molar-refractivity contribution is 5.41. The molecule has 0 aromatic carbocycles. The number of nitrogen functional groups attached to an aromatic ring is 1. The SMILES string of the molecule is CCN1CCCC1CNc1cc(C(F)(F)F)nc(N)n1. The Balaban J connectivity index is 2.04. The molecular weight excluding hydrogens is 271 g/mol. The van der Waals surface area contributed by atoms with Crippen LogP contribution in [0.25, 0.3) is 0 Å². The number of likely N-dealkylation sites (tertiary alicyclic amines) is 1. The molecule has 1 saturated heterocycles. The van der Waals surface area contributed by atoms with Crippen molar-refractivity contribution in [2.24, 2.45) is 0 Å². The second kappa shape index (κ2) is 5.82. The summed E-state index contributed by atoms with van der Waals surface area (Å²) in [6.07, 6.45) is -2.37. The minimum absolute atomic E-state index is 0.118. The molecule has 0 saturated carbocycles. The van der Waals surface area contributed by atoms with Gasteiger partial charge in [-0.1, -0.05) is 6.92 Å². The standard InChI is InChI=1S/C12H18F3N5/c1-2-20-5-3-4-8(20)7-17-10-6-9(12(13,14)15)18-11(16)19-10/h6,8H,2-5,7H2,1H3,(H3,16,17,18,19). The lowest BCUT2D eigenvalue weighted by atomic mass is 10.2. The monoisotopic (exact) mass is 289 g/mol. The van der Waals surface area contributed by atoms with Gasteiger partial charge in [-0.25, -0.2) is 4.98 Å². The molecular formula is C12H18F3N5. The van der Waals surface area contributed by atoms with E-state index in [-0.39, 0.29) is 11.8 Å². The van der Waals surface area contributed by atoms with E-state index in [1.54, 1.807) is 0 Å². The molecule has 112 valence electrons. The molecule has 8 heteroatoms. The lowest BCUT2D eigenvalue weighted by Gasteiger charge is -2.23. The van der Waals surface area contributed by atoms with Crippen molar-refractivity contribution < 1.29 is 13.2 Å². The lowest BCUT2D eigenvalue weighted by Crippen LogP contribution is -2.34. The maximum Gasteiger partial charge on any atom is 0.433 e. The fourth-order valence-corrected chi connectivity index (χ4v) is 2.47. The van der Waals surface area contributed by atoms with Crippen molar-refractivity contribution in [3.63, 3.8) is 0 Å². The van der Waals surface area contributed by atoms with E-state index in [4.69, 9.17) is 5.73 Å². The lowest BCUT2D eigenvalue weighted by molar-refractivity contribution is -0.141. The van der Waals surface area contributed by atoms with Crippen LogP contribution in [0, 0.1) is 0 Å². The molecule has 1 atom stereocenters. The Hall–Kier alpha value is -1.57. The average Bonchev–Trinajstić information content (AvgIpc) is 2.82. The number of likely N-dealkylation sites (N-methyl/N-ethyl adjacent to an activating group) is 1. The fraction of sp³-hybridized carbons (Fsp3) is 0.667. The molecule has 0 bridgehead atoms. The molecule has 2 rings (SSSR count). The molecule has 1 aliphatic rings. The number of nitrogens with one attached hydrogen (secondary N) is 1. The maximum absolute atomic E-state index is 12.6. The highest BCUT2D eigenvalue weighted by Gasteiger charge is 2.33. The molecule has 0 aliphatic carbocycles. The number of nitrogens with zero attached hydrogens (tertiary/aromatic N) is 3. The topological polar surface area (TPSA) is 67.1 Å². The van der Waals surface area contributed by atoms with Crippen molar-refractivity contribution in [3.05, 3.63) is 11.8 Å². The first kappa shape index (κ1) is 14.8. The predicted molar refractivity (Wildman–Crippen MR) is 70.2 cm³/mol. The van der Waals surface area contributed by atoms with Gasteiger partial charge in [0.2, 0.25) is 5.95 Å². The first-order valence-corrected chi connectivity index (χ1v) is 6.60. The van der Waals surface area contributed by atoms with Crippen LogP contribution in [0.4, 0.5) is 24.9 Å². The third kappa shape index (κ3) is 3.50. The zero-order valence-corrected chi connectivity index (χ0v) is 11.2. The van der Waals surface area contributed by atoms with Crippen molar-refractivity contribution in [3.8, 4) is 0 Å². The minimum atomic E-state index is -4.52. The Morgan fingerprint density at radius 1 is 1.45 bits per heavy atom. The van der Waals surface area contributed by atoms with E-state index in [0.29, 0.717) is 12.6 Å². The minimum Gasteiger partial charge on any atom is -0.368 e. The molecule has 1 unspecified atom stereocenters. The normalized spacial score (nSPS) is 20.3. The largest absolute Gasteiger partial charge is 0.433 e. The molecule has 1 aromatic heterocycles. The molecule has 0 radical (unpaired) electrons. The van der Waals surface area contributed by atoms with Crippen LogP contribution in [0.3, 0.4) is 0 Å². The van der Waals surface area contributed by atoms with Gasteiger partial charge in [-0.3, -0.25) is 4.90 Å². The van der Waals surface area contributed by atoms with E-state index in [2.05, 4.69) is 27.1 Å². The third-order valence-electron chi connectivity index (χ3n) is 3.46. The number of hydrogen-bond donors (Lipinski definition) is 2. The second-order valence-electron chi connectivity index (χ2n) is 4.80. The fourth-order valence-electron chi connectivity index (χ4n) is 2.47. The highest BCUT2D eigenvalue weighted by atomic mass is 19.4. The Morgan fingerprint density at radius 2 is 2.20 bits per heavy atom. The van der Waals surface area contributed by atoms with E-state index in [1.165, 1.54) is 0 Å². The highest BCUT2D eigenvalue weighted by Crippen LogP contribution is 2.29. The summed E-state index contributed by atoms with van der Waals surface area (Å²) in [5.41, 5.74) is 4.30. The van der Waals surface area contributed by atoms with Crippen molar-refractivity contribution in [1.29, 1.82) is 0 Å². The molecule has 1 fully saturated rings. The van der Waals surface area contributed by atoms with Crippen LogP contribution in [0.5, 0.6) is 0 Å². The zero-order chi connectivity index (χ0) is 14.8. The first-order chi connectivity index (χ1) is 9.40. The van der Waals surface area contributed by atoms with Crippen LogP contribution in [0.15, 0.2) is 6.07 Å². The van der Waals surface area contributed by atoms with Gasteiger partial charge in [0.1, 0.15) is 5.82 Å². The number of nitrogens with two attached hydrogens (primary N) is 1. The smallest absolute Gasteiger partial charge is 0.368 e. The number of anilines is 2. The molecule has 0 spiro atoms. The third-order valence-corrected chi connectivity index (χ3v) is 3.46. The van der Waals surface area contributed by atoms with Crippen LogP contribution in [0.1, 0.15) is 25.5 Å². The summed E-state index contributed by atoms with van der Waals surface area (Å²) in [7, 11) is 0. The van der Waals surface area contributed by atoms with Crippen molar-refractivity contribution in [2.75, 3.05) is 30.7 Å². The van der Waals surface area contributed by atoms with E-state index < -0.39 is 11.9 Å². The van der Waals surface area contributed by atoms with Crippen molar-refractivity contribution in [2.45, 2.75) is 32.0 Å². The summed E-state index contributed by atoms with van der Waals surface area (Å²) in [4.78, 5) is 9.30. The van der Waals surface area contributed by atoms with E-state index >= 15 is 0 Å². The molecule has 2 heterocycles. The Labute approximate surface area is 115 Å². The Bertz CT molecular complexity index is 463. The van der Waals surface area contributed by atoms with Gasteiger partial charge in [-0.15, -0.1) is 0 Å². The van der Waals surface area contributed by atoms with Crippen LogP contribution >= 0.6 is 0 Å². The summed E-state index contributed by atoms with van der Waals surface area (Å²) < 4.78 is 37.9. The van der Waals surface area contributed by atoms with E-state index in [9.17, 15) is 13.2 Å². The molecule has 1 aliphatic heterocycles. The molecule has 5 nitrogen and oxygen atoms in total. The van der Waals surface area contributed by atoms with Crippen LogP contribution in [-0.4, -0.2) is 40.5 Å². The van der Waals surface area contributed by atoms with Crippen LogP contribution < -0.4 is 11.1 Å². The molecule has 1 aromatic rings. The number of alkyl halides is 3. The number of halogens is 3. The summed E-state index contributed by atoms with van der Waals surface area (Å²) in [6.45, 7) is 4.60. The van der Waals surface area contributed by atoms with Gasteiger partial charge in [0.15, 0.2) is 5.69 Å². The van der Waals surface area contributed by atoms with Gasteiger partial charge < -0.3 is 11.1 Å². The van der Waals surface area contributed by atoms with E-state index in [1.807, 2.05) is 0 Å². The quantitative estimate of drug-likeness (QED) is 0.887. The van der Waals surface area contributed by atoms with Gasteiger partial charge in [0.25, 0.3) is 0 Å². The van der Waals surface area contributed by atoms with Gasteiger partial charge in [-0.05, 0) is 25.9 Å². The van der Waals surface area contributed by atoms with Crippen molar-refractivity contribution in [1.82, 2.24) is 14.9 Å². The summed E-state index contributed by atoms with van der Waals surface area (Å²) in [5.74, 6) is -0.256. The Kier molecular flexibility index (Phi) is 4.32. The van der Waals surface area contributed by atoms with Gasteiger partial charge in [-0.2, -0.15) is 18.2 Å². The Morgan fingerprint density at radius 3 is 2.85 bits per heavy atom. The zero-order valence-electron chi connectivity index (χ0n) is 11.2. The summed E-state index contributed by atoms with van der Waals surface area (Å²) >= 11 is 0. The number of rotatable bonds is 4. The van der Waals surface area contributed by atoms with Gasteiger partial charge >= 0.3 is 6.18 Å². The predicted octanol–water partition coefficient (Wildman–Crippen LogP) is 1.97. The average molecular weight is 289 g/mol. The van der Waals surface area contributed by atoms with Gasteiger partial charge in [0.05, 0.1) is 0 Å². The summed E-state index contributed by atoms with van der Waals surface area (Å²) in [5, 5.41) is 2.93. The van der Waals surface area contributed by atoms with Crippen LogP contribution in [0.2, 0.25) is 0 Å².